The molecule has 2 N–H and O–H groups in total. The summed E-state index contributed by atoms with van der Waals surface area (Å²) in [4.78, 5) is 18.0. The Morgan fingerprint density at radius 1 is 0.929 bits per heavy atom. The van der Waals surface area contributed by atoms with Crippen molar-refractivity contribution in [3.05, 3.63) is 90.1 Å². The van der Waals surface area contributed by atoms with Gasteiger partial charge in [0, 0.05) is 30.2 Å². The van der Waals surface area contributed by atoms with E-state index in [2.05, 4.69) is 52.8 Å². The van der Waals surface area contributed by atoms with Gasteiger partial charge in [0.1, 0.15) is 0 Å². The van der Waals surface area contributed by atoms with Crippen LogP contribution in [-0.4, -0.2) is 22.5 Å². The molecule has 0 atom stereocenters. The van der Waals surface area contributed by atoms with E-state index in [9.17, 15) is 4.79 Å². The summed E-state index contributed by atoms with van der Waals surface area (Å²) in [5, 5.41) is 4.09. The molecule has 1 aliphatic rings. The van der Waals surface area contributed by atoms with Gasteiger partial charge in [0.15, 0.2) is 0 Å². The number of anilines is 1. The van der Waals surface area contributed by atoms with Crippen molar-refractivity contribution in [1.29, 1.82) is 0 Å². The van der Waals surface area contributed by atoms with Gasteiger partial charge in [-0.1, -0.05) is 66.7 Å². The maximum Gasteiger partial charge on any atom is 0.322 e. The second kappa shape index (κ2) is 6.89. The molecule has 0 saturated carbocycles. The van der Waals surface area contributed by atoms with E-state index in [0.29, 0.717) is 13.1 Å². The molecule has 0 aliphatic carbocycles. The van der Waals surface area contributed by atoms with Gasteiger partial charge in [0.05, 0.1) is 5.69 Å². The lowest BCUT2D eigenvalue weighted by atomic mass is 9.91. The average Bonchev–Trinajstić information content (AvgIpc) is 3.16. The molecule has 5 rings (SSSR count). The predicted molar refractivity (Wildman–Crippen MR) is 113 cm³/mol. The summed E-state index contributed by atoms with van der Waals surface area (Å²) >= 11 is 0. The first-order valence-corrected chi connectivity index (χ1v) is 9.58. The SMILES string of the molecule is O=C(Nc1c[nH]c2ccccc12)N1CCc2c(cccc2-c2ccccc2)C1. The summed E-state index contributed by atoms with van der Waals surface area (Å²) in [6, 6.07) is 24.8. The normalized spacial score (nSPS) is 13.4. The zero-order valence-corrected chi connectivity index (χ0v) is 15.5. The highest BCUT2D eigenvalue weighted by atomic mass is 16.2. The van der Waals surface area contributed by atoms with Crippen LogP contribution >= 0.6 is 0 Å². The van der Waals surface area contributed by atoms with Crippen molar-refractivity contribution in [3.8, 4) is 11.1 Å². The number of aromatic nitrogens is 1. The van der Waals surface area contributed by atoms with E-state index >= 15 is 0 Å². The first kappa shape index (κ1) is 16.6. The molecule has 0 saturated heterocycles. The zero-order valence-electron chi connectivity index (χ0n) is 15.5. The summed E-state index contributed by atoms with van der Waals surface area (Å²) in [6.45, 7) is 1.34. The number of hydrogen-bond acceptors (Lipinski definition) is 1. The summed E-state index contributed by atoms with van der Waals surface area (Å²) in [6.07, 6.45) is 2.72. The first-order valence-electron chi connectivity index (χ1n) is 9.58. The van der Waals surface area contributed by atoms with Crippen molar-refractivity contribution in [2.75, 3.05) is 11.9 Å². The standard InChI is InChI=1S/C24H21N3O/c28-24(26-23-15-25-22-12-5-4-10-21(22)23)27-14-13-20-18(16-27)9-6-11-19(20)17-7-2-1-3-8-17/h1-12,15,25H,13-14,16H2,(H,26,28). The number of para-hydroxylation sites is 1. The fraction of sp³-hybridized carbons (Fsp3) is 0.125. The molecular weight excluding hydrogens is 346 g/mol. The molecule has 0 bridgehead atoms. The zero-order chi connectivity index (χ0) is 18.9. The van der Waals surface area contributed by atoms with Crippen LogP contribution in [-0.2, 0) is 13.0 Å². The number of rotatable bonds is 2. The molecule has 0 unspecified atom stereocenters. The van der Waals surface area contributed by atoms with Gasteiger partial charge in [-0.25, -0.2) is 4.79 Å². The minimum atomic E-state index is -0.0551. The number of nitrogens with zero attached hydrogens (tertiary/aromatic N) is 1. The molecular formula is C24H21N3O. The Morgan fingerprint density at radius 2 is 1.75 bits per heavy atom. The van der Waals surface area contributed by atoms with Gasteiger partial charge in [-0.15, -0.1) is 0 Å². The van der Waals surface area contributed by atoms with Crippen molar-refractivity contribution in [2.24, 2.45) is 0 Å². The Balaban J connectivity index is 1.38. The van der Waals surface area contributed by atoms with Crippen LogP contribution in [0.3, 0.4) is 0 Å². The summed E-state index contributed by atoms with van der Waals surface area (Å²) in [5.41, 5.74) is 6.93. The molecule has 4 nitrogen and oxygen atoms in total. The van der Waals surface area contributed by atoms with Gasteiger partial charge in [-0.2, -0.15) is 0 Å². The van der Waals surface area contributed by atoms with Crippen molar-refractivity contribution in [2.45, 2.75) is 13.0 Å². The molecule has 3 aromatic carbocycles. The Morgan fingerprint density at radius 3 is 2.64 bits per heavy atom. The largest absolute Gasteiger partial charge is 0.359 e. The van der Waals surface area contributed by atoms with Crippen molar-refractivity contribution < 1.29 is 4.79 Å². The molecule has 0 spiro atoms. The van der Waals surface area contributed by atoms with E-state index in [4.69, 9.17) is 0 Å². The number of carbonyl (C=O) groups is 1. The minimum absolute atomic E-state index is 0.0551. The predicted octanol–water partition coefficient (Wildman–Crippen LogP) is 5.43. The third kappa shape index (κ3) is 2.93. The van der Waals surface area contributed by atoms with Crippen molar-refractivity contribution in [3.63, 3.8) is 0 Å². The van der Waals surface area contributed by atoms with Crippen LogP contribution < -0.4 is 5.32 Å². The van der Waals surface area contributed by atoms with E-state index in [1.54, 1.807) is 0 Å². The Bertz CT molecular complexity index is 1150. The molecule has 1 aliphatic heterocycles. The molecule has 0 fully saturated rings. The van der Waals surface area contributed by atoms with Crippen LogP contribution in [0.25, 0.3) is 22.0 Å². The third-order valence-corrected chi connectivity index (χ3v) is 5.47. The topological polar surface area (TPSA) is 48.1 Å². The van der Waals surface area contributed by atoms with E-state index in [-0.39, 0.29) is 6.03 Å². The van der Waals surface area contributed by atoms with E-state index < -0.39 is 0 Å². The number of fused-ring (bicyclic) bond motifs is 2. The van der Waals surface area contributed by atoms with Gasteiger partial charge in [0.25, 0.3) is 0 Å². The van der Waals surface area contributed by atoms with E-state index in [1.165, 1.54) is 22.3 Å². The molecule has 2 heterocycles. The number of amides is 2. The molecule has 1 aromatic heterocycles. The van der Waals surface area contributed by atoms with Crippen LogP contribution in [0.15, 0.2) is 79.0 Å². The fourth-order valence-corrected chi connectivity index (χ4v) is 4.04. The van der Waals surface area contributed by atoms with Crippen LogP contribution in [0.5, 0.6) is 0 Å². The minimum Gasteiger partial charge on any atom is -0.359 e. The summed E-state index contributed by atoms with van der Waals surface area (Å²) < 4.78 is 0. The number of urea groups is 1. The Hall–Kier alpha value is -3.53. The quantitative estimate of drug-likeness (QED) is 0.488. The lowest BCUT2D eigenvalue weighted by molar-refractivity contribution is 0.206. The number of H-pyrrole nitrogens is 1. The molecule has 4 aromatic rings. The van der Waals surface area contributed by atoms with Gasteiger partial charge >= 0.3 is 6.03 Å². The number of carbonyl (C=O) groups excluding carboxylic acids is 1. The summed E-state index contributed by atoms with van der Waals surface area (Å²) in [7, 11) is 0. The third-order valence-electron chi connectivity index (χ3n) is 5.47. The lowest BCUT2D eigenvalue weighted by Gasteiger charge is -2.30. The number of aromatic amines is 1. The molecule has 0 radical (unpaired) electrons. The van der Waals surface area contributed by atoms with Crippen LogP contribution in [0.4, 0.5) is 10.5 Å². The lowest BCUT2D eigenvalue weighted by Crippen LogP contribution is -2.39. The monoisotopic (exact) mass is 367 g/mol. The second-order valence-electron chi connectivity index (χ2n) is 7.16. The van der Waals surface area contributed by atoms with E-state index in [0.717, 1.165) is 23.0 Å². The highest BCUT2D eigenvalue weighted by molar-refractivity contribution is 6.01. The maximum absolute atomic E-state index is 12.9. The van der Waals surface area contributed by atoms with Crippen LogP contribution in [0, 0.1) is 0 Å². The second-order valence-corrected chi connectivity index (χ2v) is 7.16. The molecule has 28 heavy (non-hydrogen) atoms. The van der Waals surface area contributed by atoms with Gasteiger partial charge < -0.3 is 15.2 Å². The first-order chi connectivity index (χ1) is 13.8. The van der Waals surface area contributed by atoms with E-state index in [1.807, 2.05) is 41.4 Å². The maximum atomic E-state index is 12.9. The summed E-state index contributed by atoms with van der Waals surface area (Å²) in [5.74, 6) is 0. The van der Waals surface area contributed by atoms with Crippen LogP contribution in [0.2, 0.25) is 0 Å². The van der Waals surface area contributed by atoms with Crippen molar-refractivity contribution in [1.82, 2.24) is 9.88 Å². The molecule has 2 amide bonds. The average molecular weight is 367 g/mol. The highest BCUT2D eigenvalue weighted by Gasteiger charge is 2.23. The van der Waals surface area contributed by atoms with Gasteiger partial charge in [-0.3, -0.25) is 0 Å². The smallest absolute Gasteiger partial charge is 0.322 e. The molecule has 4 heteroatoms. The van der Waals surface area contributed by atoms with Gasteiger partial charge in [-0.05, 0) is 34.7 Å². The van der Waals surface area contributed by atoms with Crippen LogP contribution in [0.1, 0.15) is 11.1 Å². The van der Waals surface area contributed by atoms with Gasteiger partial charge in [0.2, 0.25) is 0 Å². The fourth-order valence-electron chi connectivity index (χ4n) is 4.04. The number of nitrogens with one attached hydrogen (secondary N) is 2. The highest BCUT2D eigenvalue weighted by Crippen LogP contribution is 2.31. The Labute approximate surface area is 163 Å². The van der Waals surface area contributed by atoms with Crippen molar-refractivity contribution >= 4 is 22.6 Å². The Kier molecular flexibility index (Phi) is 4.09. The molecule has 138 valence electrons. The number of hydrogen-bond donors (Lipinski definition) is 2. The number of benzene rings is 3.